The summed E-state index contributed by atoms with van der Waals surface area (Å²) < 4.78 is 10.2. The van der Waals surface area contributed by atoms with Crippen LogP contribution in [0.1, 0.15) is 23.7 Å². The second-order valence-electron chi connectivity index (χ2n) is 6.01. The van der Waals surface area contributed by atoms with E-state index < -0.39 is 10.8 Å². The van der Waals surface area contributed by atoms with Gasteiger partial charge >= 0.3 is 0 Å². The molecule has 0 spiro atoms. The predicted octanol–water partition coefficient (Wildman–Crippen LogP) is 3.26. The molecular formula is C20H25N3O5. The number of methoxy groups -OCH3 is 2. The quantitative estimate of drug-likeness (QED) is 0.382. The Bertz CT molecular complexity index is 811. The molecule has 0 bridgehead atoms. The molecule has 28 heavy (non-hydrogen) atoms. The fourth-order valence-electron chi connectivity index (χ4n) is 2.88. The molecule has 0 unspecified atom stereocenters. The number of carbonyl (C=O) groups excluding carboxylic acids is 1. The Morgan fingerprint density at radius 1 is 1.14 bits per heavy atom. The minimum absolute atomic E-state index is 0.0574. The van der Waals surface area contributed by atoms with Gasteiger partial charge in [-0.1, -0.05) is 18.2 Å². The lowest BCUT2D eigenvalue weighted by Gasteiger charge is -2.23. The van der Waals surface area contributed by atoms with Crippen molar-refractivity contribution in [3.05, 3.63) is 58.1 Å². The number of benzene rings is 2. The molecule has 1 amide bonds. The van der Waals surface area contributed by atoms with E-state index in [2.05, 4.69) is 17.1 Å². The van der Waals surface area contributed by atoms with Crippen molar-refractivity contribution in [2.75, 3.05) is 38.8 Å². The lowest BCUT2D eigenvalue weighted by atomic mass is 10.1. The van der Waals surface area contributed by atoms with Crippen molar-refractivity contribution in [3.63, 3.8) is 0 Å². The Kier molecular flexibility index (Phi) is 7.62. The fourth-order valence-corrected chi connectivity index (χ4v) is 2.88. The normalized spacial score (nSPS) is 10.2. The lowest BCUT2D eigenvalue weighted by Crippen LogP contribution is -2.30. The standard InChI is InChI=1S/C20H25N3O5/c1-4-22(15-9-6-5-7-10-15)12-8-11-21-20(24)16-13-18(27-2)19(28-3)14-17(16)23(25)26/h5-7,9-10,13-14H,4,8,11-12H2,1-3H3,(H,21,24). The first-order valence-corrected chi connectivity index (χ1v) is 9.00. The second-order valence-corrected chi connectivity index (χ2v) is 6.01. The number of anilines is 1. The summed E-state index contributed by atoms with van der Waals surface area (Å²) in [6.07, 6.45) is 0.704. The lowest BCUT2D eigenvalue weighted by molar-refractivity contribution is -0.385. The SMILES string of the molecule is CCN(CCCNC(=O)c1cc(OC)c(OC)cc1[N+](=O)[O-])c1ccccc1. The van der Waals surface area contributed by atoms with Gasteiger partial charge in [-0.25, -0.2) is 0 Å². The first kappa shape index (κ1) is 21.0. The van der Waals surface area contributed by atoms with Crippen LogP contribution >= 0.6 is 0 Å². The number of hydrogen-bond donors (Lipinski definition) is 1. The van der Waals surface area contributed by atoms with Crippen molar-refractivity contribution in [1.29, 1.82) is 0 Å². The minimum atomic E-state index is -0.606. The number of nitro groups is 1. The molecule has 1 N–H and O–H groups in total. The van der Waals surface area contributed by atoms with Gasteiger partial charge in [0.1, 0.15) is 5.56 Å². The molecular weight excluding hydrogens is 362 g/mol. The summed E-state index contributed by atoms with van der Waals surface area (Å²) >= 11 is 0. The van der Waals surface area contributed by atoms with Crippen LogP contribution in [0, 0.1) is 10.1 Å². The Morgan fingerprint density at radius 2 is 1.79 bits per heavy atom. The first-order valence-electron chi connectivity index (χ1n) is 9.00. The molecule has 8 nitrogen and oxygen atoms in total. The van der Waals surface area contributed by atoms with Gasteiger partial charge in [0.05, 0.1) is 25.2 Å². The van der Waals surface area contributed by atoms with Crippen LogP contribution in [0.3, 0.4) is 0 Å². The number of carbonyl (C=O) groups is 1. The molecule has 0 aliphatic heterocycles. The van der Waals surface area contributed by atoms with E-state index in [1.165, 1.54) is 26.4 Å². The van der Waals surface area contributed by atoms with Crippen molar-refractivity contribution < 1.29 is 19.2 Å². The zero-order valence-corrected chi connectivity index (χ0v) is 16.3. The van der Waals surface area contributed by atoms with Gasteiger partial charge < -0.3 is 19.7 Å². The van der Waals surface area contributed by atoms with Gasteiger partial charge in [-0.15, -0.1) is 0 Å². The maximum atomic E-state index is 12.5. The number of para-hydroxylation sites is 1. The van der Waals surface area contributed by atoms with E-state index in [1.54, 1.807) is 0 Å². The highest BCUT2D eigenvalue weighted by Crippen LogP contribution is 2.34. The molecule has 0 aliphatic carbocycles. The molecule has 150 valence electrons. The highest BCUT2D eigenvalue weighted by molar-refractivity contribution is 5.99. The number of ether oxygens (including phenoxy) is 2. The summed E-state index contributed by atoms with van der Waals surface area (Å²) in [5, 5.41) is 14.1. The van der Waals surface area contributed by atoms with Crippen molar-refractivity contribution in [2.45, 2.75) is 13.3 Å². The van der Waals surface area contributed by atoms with Crippen LogP contribution in [0.4, 0.5) is 11.4 Å². The minimum Gasteiger partial charge on any atom is -0.493 e. The molecule has 0 atom stereocenters. The maximum Gasteiger partial charge on any atom is 0.286 e. The van der Waals surface area contributed by atoms with Gasteiger partial charge in [0.25, 0.3) is 11.6 Å². The van der Waals surface area contributed by atoms with Gasteiger partial charge in [-0.2, -0.15) is 0 Å². The summed E-state index contributed by atoms with van der Waals surface area (Å²) in [6.45, 7) is 4.07. The number of nitrogens with one attached hydrogen (secondary N) is 1. The molecule has 0 radical (unpaired) electrons. The van der Waals surface area contributed by atoms with E-state index in [0.717, 1.165) is 18.8 Å². The monoisotopic (exact) mass is 387 g/mol. The topological polar surface area (TPSA) is 93.9 Å². The van der Waals surface area contributed by atoms with Crippen LogP contribution < -0.4 is 19.7 Å². The number of nitrogens with zero attached hydrogens (tertiary/aromatic N) is 2. The van der Waals surface area contributed by atoms with Crippen LogP contribution in [-0.2, 0) is 0 Å². The molecule has 0 fully saturated rings. The Hall–Kier alpha value is -3.29. The molecule has 0 heterocycles. The van der Waals surface area contributed by atoms with Crippen molar-refractivity contribution in [3.8, 4) is 11.5 Å². The maximum absolute atomic E-state index is 12.5. The Morgan fingerprint density at radius 3 is 2.36 bits per heavy atom. The van der Waals surface area contributed by atoms with E-state index >= 15 is 0 Å². The molecule has 0 saturated heterocycles. The highest BCUT2D eigenvalue weighted by Gasteiger charge is 2.24. The van der Waals surface area contributed by atoms with E-state index in [4.69, 9.17) is 9.47 Å². The number of rotatable bonds is 10. The van der Waals surface area contributed by atoms with Crippen LogP contribution in [0.15, 0.2) is 42.5 Å². The molecule has 2 aromatic rings. The van der Waals surface area contributed by atoms with Gasteiger partial charge in [0.15, 0.2) is 11.5 Å². The van der Waals surface area contributed by atoms with Crippen LogP contribution in [0.25, 0.3) is 0 Å². The number of amides is 1. The van der Waals surface area contributed by atoms with Crippen molar-refractivity contribution in [1.82, 2.24) is 5.32 Å². The van der Waals surface area contributed by atoms with Crippen molar-refractivity contribution >= 4 is 17.3 Å². The Labute approximate surface area is 164 Å². The van der Waals surface area contributed by atoms with E-state index in [0.29, 0.717) is 13.0 Å². The third-order valence-corrected chi connectivity index (χ3v) is 4.34. The zero-order valence-electron chi connectivity index (χ0n) is 16.3. The summed E-state index contributed by atoms with van der Waals surface area (Å²) in [7, 11) is 2.79. The fraction of sp³-hybridized carbons (Fsp3) is 0.350. The third-order valence-electron chi connectivity index (χ3n) is 4.34. The average Bonchev–Trinajstić information content (AvgIpc) is 2.73. The largest absolute Gasteiger partial charge is 0.493 e. The smallest absolute Gasteiger partial charge is 0.286 e. The molecule has 2 rings (SSSR count). The van der Waals surface area contributed by atoms with E-state index in [-0.39, 0.29) is 22.7 Å². The van der Waals surface area contributed by atoms with E-state index in [1.807, 2.05) is 30.3 Å². The first-order chi connectivity index (χ1) is 13.5. The summed E-state index contributed by atoms with van der Waals surface area (Å²) in [5.74, 6) is -0.0536. The average molecular weight is 387 g/mol. The van der Waals surface area contributed by atoms with E-state index in [9.17, 15) is 14.9 Å². The van der Waals surface area contributed by atoms with Gasteiger partial charge in [0.2, 0.25) is 0 Å². The van der Waals surface area contributed by atoms with Gasteiger partial charge in [-0.05, 0) is 25.5 Å². The zero-order chi connectivity index (χ0) is 20.5. The summed E-state index contributed by atoms with van der Waals surface area (Å²) in [4.78, 5) is 25.4. The third kappa shape index (κ3) is 5.12. The second kappa shape index (κ2) is 10.1. The molecule has 8 heteroatoms. The molecule has 0 aromatic heterocycles. The number of nitro benzene ring substituents is 1. The summed E-state index contributed by atoms with van der Waals surface area (Å²) in [5.41, 5.74) is 0.736. The van der Waals surface area contributed by atoms with Crippen molar-refractivity contribution in [2.24, 2.45) is 0 Å². The predicted molar refractivity (Wildman–Crippen MR) is 107 cm³/mol. The highest BCUT2D eigenvalue weighted by atomic mass is 16.6. The van der Waals surface area contributed by atoms with Gasteiger partial charge in [-0.3, -0.25) is 14.9 Å². The van der Waals surface area contributed by atoms with Crippen LogP contribution in [0.2, 0.25) is 0 Å². The Balaban J connectivity index is 2.01. The molecule has 0 saturated carbocycles. The van der Waals surface area contributed by atoms with Gasteiger partial charge in [0, 0.05) is 31.4 Å². The summed E-state index contributed by atoms with van der Waals surface area (Å²) in [6, 6.07) is 12.5. The molecule has 2 aromatic carbocycles. The number of hydrogen-bond acceptors (Lipinski definition) is 6. The molecule has 0 aliphatic rings. The van der Waals surface area contributed by atoms with Crippen LogP contribution in [-0.4, -0.2) is 44.7 Å². The van der Waals surface area contributed by atoms with Crippen LogP contribution in [0.5, 0.6) is 11.5 Å².